The number of nitrogens with two attached hydrogens (primary N) is 1. The Balaban J connectivity index is 2.69. The molecule has 0 saturated heterocycles. The summed E-state index contributed by atoms with van der Waals surface area (Å²) in [6, 6.07) is 0. The molecule has 0 spiro atoms. The van der Waals surface area contributed by atoms with Gasteiger partial charge in [-0.3, -0.25) is 0 Å². The molecule has 3 nitrogen and oxygen atoms in total. The van der Waals surface area contributed by atoms with E-state index < -0.39 is 0 Å². The van der Waals surface area contributed by atoms with Crippen LogP contribution in [0, 0.1) is 0 Å². The van der Waals surface area contributed by atoms with Gasteiger partial charge in [0.1, 0.15) is 0 Å². The molecule has 0 aromatic carbocycles. The second-order valence-corrected chi connectivity index (χ2v) is 1.97. The van der Waals surface area contributed by atoms with Gasteiger partial charge < -0.3 is 0 Å². The predicted molar refractivity (Wildman–Crippen MR) is 29.7 cm³/mol. The first-order chi connectivity index (χ1) is 3.29. The molecule has 0 aromatic rings. The van der Waals surface area contributed by atoms with Crippen LogP contribution in [0.3, 0.4) is 0 Å². The van der Waals surface area contributed by atoms with Crippen molar-refractivity contribution in [3.63, 3.8) is 0 Å². The Morgan fingerprint density at radius 3 is 2.57 bits per heavy atom. The molecule has 0 atom stereocenters. The maximum absolute atomic E-state index is 5.24. The van der Waals surface area contributed by atoms with E-state index in [2.05, 4.69) is 26.0 Å². The predicted octanol–water partition coefficient (Wildman–Crippen LogP) is -1.12. The van der Waals surface area contributed by atoms with Crippen molar-refractivity contribution in [2.24, 2.45) is 15.7 Å². The van der Waals surface area contributed by atoms with Crippen molar-refractivity contribution >= 4 is 26.6 Å². The summed E-state index contributed by atoms with van der Waals surface area (Å²) in [5, 5.41) is 0. The Labute approximate surface area is 49.5 Å². The van der Waals surface area contributed by atoms with Crippen LogP contribution in [-0.4, -0.2) is 33.1 Å². The molecule has 1 aliphatic heterocycles. The third kappa shape index (κ3) is 1.01. The SMILES string of the molecule is NC1=NC([Se])=NC1. The first-order valence-electron chi connectivity index (χ1n) is 1.83. The fraction of sp³-hybridized carbons (Fsp3) is 0.333. The Kier molecular flexibility index (Phi) is 1.13. The van der Waals surface area contributed by atoms with Gasteiger partial charge in [0.2, 0.25) is 0 Å². The summed E-state index contributed by atoms with van der Waals surface area (Å²) < 4.78 is 0.664. The Bertz CT molecular complexity index is 137. The van der Waals surface area contributed by atoms with Crippen LogP contribution in [0.2, 0.25) is 0 Å². The monoisotopic (exact) mass is 162 g/mol. The van der Waals surface area contributed by atoms with E-state index >= 15 is 0 Å². The van der Waals surface area contributed by atoms with Crippen LogP contribution in [0.15, 0.2) is 9.98 Å². The van der Waals surface area contributed by atoms with E-state index in [4.69, 9.17) is 5.73 Å². The average Bonchev–Trinajstić information content (AvgIpc) is 1.87. The van der Waals surface area contributed by atoms with Crippen LogP contribution >= 0.6 is 0 Å². The summed E-state index contributed by atoms with van der Waals surface area (Å²) in [6.07, 6.45) is 0. The average molecular weight is 161 g/mol. The number of hydrogen-bond donors (Lipinski definition) is 1. The molecule has 2 N–H and O–H groups in total. The summed E-state index contributed by atoms with van der Waals surface area (Å²) in [4.78, 5) is 7.63. The van der Waals surface area contributed by atoms with E-state index in [0.717, 1.165) is 0 Å². The summed E-state index contributed by atoms with van der Waals surface area (Å²) in [6.45, 7) is 0.558. The Morgan fingerprint density at radius 2 is 2.43 bits per heavy atom. The Morgan fingerprint density at radius 1 is 1.71 bits per heavy atom. The van der Waals surface area contributed by atoms with Crippen molar-refractivity contribution < 1.29 is 0 Å². The molecular weight excluding hydrogens is 157 g/mol. The molecular formula is C3H4N3Se. The zero-order valence-corrected chi connectivity index (χ0v) is 5.30. The third-order valence-corrected chi connectivity index (χ3v) is 1.08. The van der Waals surface area contributed by atoms with E-state index in [1.165, 1.54) is 0 Å². The number of nitrogens with zero attached hydrogens (tertiary/aromatic N) is 2. The van der Waals surface area contributed by atoms with Crippen LogP contribution in [-0.2, 0) is 0 Å². The second-order valence-electron chi connectivity index (χ2n) is 1.20. The number of rotatable bonds is 0. The molecule has 0 aliphatic carbocycles. The van der Waals surface area contributed by atoms with Gasteiger partial charge in [-0.2, -0.15) is 0 Å². The van der Waals surface area contributed by atoms with Crippen molar-refractivity contribution in [2.45, 2.75) is 0 Å². The zero-order valence-electron chi connectivity index (χ0n) is 3.59. The number of aliphatic imine (C=N–C) groups is 2. The van der Waals surface area contributed by atoms with Gasteiger partial charge in [0.05, 0.1) is 0 Å². The van der Waals surface area contributed by atoms with Gasteiger partial charge in [-0.25, -0.2) is 0 Å². The first kappa shape index (κ1) is 4.81. The van der Waals surface area contributed by atoms with Crippen molar-refractivity contribution in [1.29, 1.82) is 0 Å². The minimum absolute atomic E-state index is 0.558. The van der Waals surface area contributed by atoms with Gasteiger partial charge in [0, 0.05) is 0 Å². The molecule has 7 heavy (non-hydrogen) atoms. The van der Waals surface area contributed by atoms with E-state index in [0.29, 0.717) is 17.1 Å². The van der Waals surface area contributed by atoms with Gasteiger partial charge >= 0.3 is 48.8 Å². The molecule has 0 bridgehead atoms. The van der Waals surface area contributed by atoms with Gasteiger partial charge in [-0.05, 0) is 0 Å². The van der Waals surface area contributed by atoms with Gasteiger partial charge in [0.15, 0.2) is 0 Å². The summed E-state index contributed by atoms with van der Waals surface area (Å²) in [7, 11) is 0. The van der Waals surface area contributed by atoms with Crippen LogP contribution < -0.4 is 5.73 Å². The fourth-order valence-electron chi connectivity index (χ4n) is 0.342. The number of hydrogen-bond acceptors (Lipinski definition) is 3. The van der Waals surface area contributed by atoms with Crippen LogP contribution in [0.5, 0.6) is 0 Å². The molecule has 4 heteroatoms. The van der Waals surface area contributed by atoms with Crippen molar-refractivity contribution in [2.75, 3.05) is 6.54 Å². The molecule has 1 heterocycles. The maximum atomic E-state index is 5.24. The molecule has 1 radical (unpaired) electrons. The molecule has 0 aromatic heterocycles. The molecule has 0 fully saturated rings. The van der Waals surface area contributed by atoms with Crippen LogP contribution in [0.4, 0.5) is 0 Å². The molecule has 37 valence electrons. The Hall–Kier alpha value is -0.341. The van der Waals surface area contributed by atoms with Gasteiger partial charge in [-0.15, -0.1) is 0 Å². The summed E-state index contributed by atoms with van der Waals surface area (Å²) in [5.41, 5.74) is 5.24. The van der Waals surface area contributed by atoms with E-state index in [1.807, 2.05) is 0 Å². The third-order valence-electron chi connectivity index (χ3n) is 0.616. The normalized spacial score (nSPS) is 18.9. The topological polar surface area (TPSA) is 50.7 Å². The quantitative estimate of drug-likeness (QED) is 0.449. The molecule has 1 rings (SSSR count). The standard InChI is InChI=1S/C3H4N3Se/c4-2-1-5-3(7)6-2/h1H2,(H2,4,5,6). The first-order valence-corrected chi connectivity index (χ1v) is 2.69. The summed E-state index contributed by atoms with van der Waals surface area (Å²) in [5.74, 6) is 0.591. The van der Waals surface area contributed by atoms with E-state index in [1.54, 1.807) is 0 Å². The van der Waals surface area contributed by atoms with Crippen molar-refractivity contribution in [3.8, 4) is 0 Å². The second kappa shape index (κ2) is 1.64. The van der Waals surface area contributed by atoms with Crippen LogP contribution in [0.25, 0.3) is 0 Å². The van der Waals surface area contributed by atoms with E-state index in [-0.39, 0.29) is 0 Å². The molecule has 1 aliphatic rings. The number of amidine groups is 2. The van der Waals surface area contributed by atoms with Crippen molar-refractivity contribution in [3.05, 3.63) is 0 Å². The van der Waals surface area contributed by atoms with Gasteiger partial charge in [-0.1, -0.05) is 0 Å². The van der Waals surface area contributed by atoms with Crippen LogP contribution in [0.1, 0.15) is 0 Å². The molecule has 0 amide bonds. The molecule has 0 unspecified atom stereocenters. The van der Waals surface area contributed by atoms with E-state index in [9.17, 15) is 0 Å². The fourth-order valence-corrected chi connectivity index (χ4v) is 0.724. The zero-order chi connectivity index (χ0) is 5.28. The summed E-state index contributed by atoms with van der Waals surface area (Å²) >= 11 is 2.65. The molecule has 0 saturated carbocycles. The van der Waals surface area contributed by atoms with Gasteiger partial charge in [0.25, 0.3) is 0 Å². The minimum atomic E-state index is 0.558. The van der Waals surface area contributed by atoms with Crippen molar-refractivity contribution in [1.82, 2.24) is 0 Å².